The van der Waals surface area contributed by atoms with Crippen molar-refractivity contribution in [3.63, 3.8) is 0 Å². The summed E-state index contributed by atoms with van der Waals surface area (Å²) in [5, 5.41) is 26.5. The van der Waals surface area contributed by atoms with Crippen molar-refractivity contribution in [2.75, 3.05) is 49.8 Å². The first-order valence-corrected chi connectivity index (χ1v) is 28.8. The van der Waals surface area contributed by atoms with E-state index in [2.05, 4.69) is 25.5 Å². The number of nitrogens with two attached hydrogens (primary N) is 1. The molecular weight excluding hydrogens is 1090 g/mol. The first kappa shape index (κ1) is 58.2. The number of nitrogens with zero attached hydrogens (tertiary/aromatic N) is 8. The maximum atomic E-state index is 14.2. The maximum Gasteiger partial charge on any atom is 0.355 e. The number of aliphatic hydroxyl groups excluding tert-OH is 1. The second kappa shape index (κ2) is 24.3. The molecule has 7 aromatic rings. The van der Waals surface area contributed by atoms with Gasteiger partial charge in [-0.1, -0.05) is 63.2 Å². The van der Waals surface area contributed by atoms with Gasteiger partial charge in [0.1, 0.15) is 47.9 Å². The molecule has 4 aromatic heterocycles. The Hall–Kier alpha value is -7.45. The monoisotopic (exact) mass is 1150 g/mol. The Kier molecular flexibility index (Phi) is 17.5. The van der Waals surface area contributed by atoms with Gasteiger partial charge in [-0.25, -0.2) is 22.8 Å². The van der Waals surface area contributed by atoms with Crippen LogP contribution in [0.5, 0.6) is 5.75 Å². The van der Waals surface area contributed by atoms with Crippen molar-refractivity contribution in [1.82, 2.24) is 50.0 Å². The topological polar surface area (TPSA) is 254 Å². The van der Waals surface area contributed by atoms with E-state index < -0.39 is 69.0 Å². The first-order chi connectivity index (χ1) is 38.5. The SMILES string of the molecule is Cc1ncsc1-c1ccc(CNC(=O)[C@@H]2C[C@@H](O)CN2C(=O)[C@@H](NC(=O)COCCN2CCCC(n3cc(-c4cnc(N)c5c(-c6ccc(NS(=O)(=O)C(F)F)c(O[C@@H](C)c7ccc(F)cc7)c6)nn(C)c45)cn3)C2)C(C)(C)C)cc1. The fourth-order valence-corrected chi connectivity index (χ4v) is 11.6. The molecule has 0 bridgehead atoms. The highest BCUT2D eigenvalue weighted by Crippen LogP contribution is 2.41. The highest BCUT2D eigenvalue weighted by atomic mass is 32.2. The number of aliphatic hydroxyl groups is 1. The Morgan fingerprint density at radius 1 is 0.988 bits per heavy atom. The number of rotatable bonds is 20. The third-order valence-electron chi connectivity index (χ3n) is 14.5. The summed E-state index contributed by atoms with van der Waals surface area (Å²) in [7, 11) is -3.36. The van der Waals surface area contributed by atoms with E-state index in [1.807, 2.05) is 67.6 Å². The van der Waals surface area contributed by atoms with Crippen LogP contribution in [0.15, 0.2) is 90.8 Å². The Bertz CT molecular complexity index is 3520. The summed E-state index contributed by atoms with van der Waals surface area (Å²) in [5.41, 5.74) is 13.5. The Morgan fingerprint density at radius 2 is 1.73 bits per heavy atom. The van der Waals surface area contributed by atoms with E-state index in [1.54, 1.807) is 47.9 Å². The van der Waals surface area contributed by atoms with Gasteiger partial charge in [-0.15, -0.1) is 11.3 Å². The zero-order valence-electron chi connectivity index (χ0n) is 45.6. The van der Waals surface area contributed by atoms with Crippen LogP contribution in [0.1, 0.15) is 75.9 Å². The molecule has 6 heterocycles. The van der Waals surface area contributed by atoms with Crippen LogP contribution in [0.3, 0.4) is 0 Å². The average molecular weight is 1160 g/mol. The minimum atomic E-state index is -5.09. The van der Waals surface area contributed by atoms with Crippen LogP contribution in [-0.2, 0) is 42.7 Å². The number of hydrogen-bond donors (Lipinski definition) is 5. The van der Waals surface area contributed by atoms with E-state index in [-0.39, 0.29) is 56.0 Å². The van der Waals surface area contributed by atoms with Crippen LogP contribution in [0, 0.1) is 18.2 Å². The third kappa shape index (κ3) is 13.3. The number of β-amino-alcohol motifs (C(OH)–C–C–N with tert-alkyl or cyclic N) is 1. The number of piperidine rings is 1. The van der Waals surface area contributed by atoms with Crippen molar-refractivity contribution >= 4 is 61.5 Å². The number of anilines is 2. The number of hydrogen-bond acceptors (Lipinski definition) is 15. The van der Waals surface area contributed by atoms with E-state index in [4.69, 9.17) is 25.4 Å². The molecular formula is C56H65F3N12O8S2. The number of nitrogens with one attached hydrogen (secondary N) is 3. The minimum absolute atomic E-state index is 0.00846. The molecule has 5 atom stereocenters. The van der Waals surface area contributed by atoms with Gasteiger partial charge >= 0.3 is 5.76 Å². The highest BCUT2D eigenvalue weighted by Gasteiger charge is 2.44. The van der Waals surface area contributed by atoms with Crippen molar-refractivity contribution < 1.29 is 50.6 Å². The molecule has 2 aliphatic heterocycles. The minimum Gasteiger partial charge on any atom is -0.484 e. The molecule has 1 unspecified atom stereocenters. The van der Waals surface area contributed by atoms with Crippen LogP contribution in [0.2, 0.25) is 0 Å². The number of thiazole rings is 1. The van der Waals surface area contributed by atoms with Gasteiger partial charge in [0.25, 0.3) is 10.0 Å². The maximum absolute atomic E-state index is 14.2. The predicted octanol–water partition coefficient (Wildman–Crippen LogP) is 7.22. The molecule has 3 amide bonds. The number of carbonyl (C=O) groups is 3. The number of benzene rings is 3. The van der Waals surface area contributed by atoms with Gasteiger partial charge in [0.15, 0.2) is 0 Å². The fourth-order valence-electron chi connectivity index (χ4n) is 10.3. The van der Waals surface area contributed by atoms with Crippen LogP contribution < -0.4 is 25.8 Å². The van der Waals surface area contributed by atoms with Gasteiger partial charge in [0, 0.05) is 68.7 Å². The number of sulfonamides is 1. The Balaban J connectivity index is 0.808. The first-order valence-electron chi connectivity index (χ1n) is 26.4. The molecule has 20 nitrogen and oxygen atoms in total. The number of fused-ring (bicyclic) bond motifs is 1. The van der Waals surface area contributed by atoms with Gasteiger partial charge in [0.2, 0.25) is 17.7 Å². The lowest BCUT2D eigenvalue weighted by atomic mass is 9.85. The number of pyridine rings is 1. The summed E-state index contributed by atoms with van der Waals surface area (Å²) in [4.78, 5) is 54.7. The molecule has 2 aliphatic rings. The quantitative estimate of drug-likeness (QED) is 0.0473. The van der Waals surface area contributed by atoms with Crippen LogP contribution in [0.4, 0.5) is 24.7 Å². The summed E-state index contributed by atoms with van der Waals surface area (Å²) in [6.45, 7) is 11.2. The largest absolute Gasteiger partial charge is 0.484 e. The number of amides is 3. The van der Waals surface area contributed by atoms with Crippen molar-refractivity contribution in [3.8, 4) is 38.6 Å². The zero-order chi connectivity index (χ0) is 57.9. The predicted molar refractivity (Wildman–Crippen MR) is 301 cm³/mol. The summed E-state index contributed by atoms with van der Waals surface area (Å²) in [6.07, 6.45) is 5.40. The Labute approximate surface area is 470 Å². The van der Waals surface area contributed by atoms with E-state index >= 15 is 0 Å². The standard InChI is InChI=1S/C56H65F3N12O8S2/c1-32-50(80-31-63-32)36-11-9-34(10-12-36)24-62-53(74)44-23-41(72)29-70(44)54(75)51(56(3,4)5)65-46(73)30-78-21-20-69-19-7-8-40(28-69)71-27-38(25-64-71)42-26-61-52(60)47-48(66-68(6)49(42)47)37-15-18-43(67-81(76,77)55(58)59)45(22-37)79-33(2)35-13-16-39(57)17-14-35/h9-18,22,25-27,31,33,40-41,44,51,55,67,72H,7-8,19-21,23-24,28-30H2,1-6H3,(H2,60,61)(H,62,74)(H,65,73)/t33-,40?,41+,44-,51+/m0/s1. The molecule has 0 spiro atoms. The van der Waals surface area contributed by atoms with Crippen molar-refractivity contribution in [2.24, 2.45) is 12.5 Å². The van der Waals surface area contributed by atoms with Gasteiger partial charge in [-0.3, -0.25) is 33.4 Å². The number of carbonyl (C=O) groups excluding carboxylic acids is 3. The lowest BCUT2D eigenvalue weighted by molar-refractivity contribution is -0.144. The van der Waals surface area contributed by atoms with E-state index in [0.717, 1.165) is 46.6 Å². The van der Waals surface area contributed by atoms with E-state index in [0.29, 0.717) is 46.4 Å². The summed E-state index contributed by atoms with van der Waals surface area (Å²) in [6, 6.07) is 15.6. The Morgan fingerprint density at radius 3 is 2.43 bits per heavy atom. The lowest BCUT2D eigenvalue weighted by Crippen LogP contribution is -2.58. The van der Waals surface area contributed by atoms with Gasteiger partial charge in [-0.2, -0.15) is 19.0 Å². The number of ether oxygens (including phenoxy) is 2. The highest BCUT2D eigenvalue weighted by molar-refractivity contribution is 7.93. The number of aromatic nitrogens is 6. The molecule has 2 fully saturated rings. The molecule has 25 heteroatoms. The molecule has 0 saturated carbocycles. The lowest BCUT2D eigenvalue weighted by Gasteiger charge is -2.35. The van der Waals surface area contributed by atoms with Crippen molar-refractivity contribution in [1.29, 1.82) is 0 Å². The molecule has 3 aromatic carbocycles. The van der Waals surface area contributed by atoms with E-state index in [1.165, 1.54) is 47.4 Å². The third-order valence-corrected chi connectivity index (χ3v) is 16.5. The van der Waals surface area contributed by atoms with Crippen LogP contribution in [0.25, 0.3) is 43.7 Å². The molecule has 0 radical (unpaired) electrons. The number of likely N-dealkylation sites (tertiary alicyclic amines) is 2. The zero-order valence-corrected chi connectivity index (χ0v) is 47.2. The molecule has 81 heavy (non-hydrogen) atoms. The van der Waals surface area contributed by atoms with Gasteiger partial charge in [-0.05, 0) is 79.6 Å². The smallest absolute Gasteiger partial charge is 0.355 e. The molecule has 430 valence electrons. The van der Waals surface area contributed by atoms with Crippen molar-refractivity contribution in [2.45, 2.75) is 96.5 Å². The second-order valence-electron chi connectivity index (χ2n) is 21.5. The number of halogens is 3. The average Bonchev–Trinajstić information content (AvgIpc) is 4.47. The number of alkyl halides is 2. The summed E-state index contributed by atoms with van der Waals surface area (Å²) >= 11 is 1.56. The van der Waals surface area contributed by atoms with Crippen molar-refractivity contribution in [3.05, 3.63) is 113 Å². The number of nitrogen functional groups attached to an aromatic ring is 1. The summed E-state index contributed by atoms with van der Waals surface area (Å²) in [5.74, 6) is -5.49. The molecule has 6 N–H and O–H groups in total. The van der Waals surface area contributed by atoms with Crippen LogP contribution in [-0.4, -0.2) is 134 Å². The normalized spacial score (nSPS) is 17.8. The fraction of sp³-hybridized carbons (Fsp3) is 0.411. The van der Waals surface area contributed by atoms with Gasteiger partial charge in [0.05, 0.1) is 57.6 Å². The number of aryl methyl sites for hydroxylation is 2. The second-order valence-corrected chi connectivity index (χ2v) is 24.0. The van der Waals surface area contributed by atoms with Crippen LogP contribution >= 0.6 is 11.3 Å². The molecule has 2 saturated heterocycles. The molecule has 9 rings (SSSR count). The van der Waals surface area contributed by atoms with E-state index in [9.17, 15) is 41.1 Å². The van der Waals surface area contributed by atoms with Gasteiger partial charge < -0.3 is 35.8 Å². The molecule has 0 aliphatic carbocycles. The summed E-state index contributed by atoms with van der Waals surface area (Å²) < 4.78 is 82.9.